The Morgan fingerprint density at radius 1 is 1.14 bits per heavy atom. The van der Waals surface area contributed by atoms with Crippen LogP contribution in [0.3, 0.4) is 0 Å². The normalized spacial score (nSPS) is 16.7. The average molecular weight is 290 g/mol. The van der Waals surface area contributed by atoms with Crippen LogP contribution < -0.4 is 0 Å². The predicted octanol–water partition coefficient (Wildman–Crippen LogP) is 2.15. The molecule has 4 nitrogen and oxygen atoms in total. The highest BCUT2D eigenvalue weighted by molar-refractivity contribution is 5.76. The van der Waals surface area contributed by atoms with E-state index in [4.69, 9.17) is 4.74 Å². The molecule has 0 N–H and O–H groups in total. The fraction of sp³-hybridized carbons (Fsp3) is 0.588. The lowest BCUT2D eigenvalue weighted by Crippen LogP contribution is -2.35. The molecular weight excluding hydrogens is 264 g/mol. The van der Waals surface area contributed by atoms with Gasteiger partial charge in [-0.1, -0.05) is 37.3 Å². The molecule has 116 valence electrons. The topological polar surface area (TPSA) is 32.8 Å². The summed E-state index contributed by atoms with van der Waals surface area (Å²) in [6.07, 6.45) is 1.56. The summed E-state index contributed by atoms with van der Waals surface area (Å²) >= 11 is 0. The number of nitrogens with zero attached hydrogens (tertiary/aromatic N) is 2. The van der Waals surface area contributed by atoms with Crippen LogP contribution in [-0.2, 0) is 16.1 Å². The van der Waals surface area contributed by atoms with Crippen LogP contribution >= 0.6 is 0 Å². The third kappa shape index (κ3) is 5.48. The Labute approximate surface area is 127 Å². The van der Waals surface area contributed by atoms with Crippen LogP contribution in [-0.4, -0.2) is 55.0 Å². The van der Waals surface area contributed by atoms with Crippen LogP contribution in [0.25, 0.3) is 0 Å². The van der Waals surface area contributed by atoms with Gasteiger partial charge in [-0.15, -0.1) is 0 Å². The van der Waals surface area contributed by atoms with Gasteiger partial charge in [0, 0.05) is 19.6 Å². The van der Waals surface area contributed by atoms with Crippen molar-refractivity contribution in [1.29, 1.82) is 0 Å². The number of rotatable bonds is 6. The molecule has 1 aromatic rings. The van der Waals surface area contributed by atoms with E-state index in [2.05, 4.69) is 11.8 Å². The Bertz CT molecular complexity index is 422. The molecular formula is C17H26N2O2. The van der Waals surface area contributed by atoms with E-state index in [-0.39, 0.29) is 5.91 Å². The molecule has 0 unspecified atom stereocenters. The quantitative estimate of drug-likeness (QED) is 0.753. The lowest BCUT2D eigenvalue weighted by atomic mass is 10.2. The molecule has 0 saturated carbocycles. The van der Waals surface area contributed by atoms with Crippen molar-refractivity contribution in [3.63, 3.8) is 0 Å². The molecule has 1 amide bonds. The molecule has 1 aromatic carbocycles. The Balaban J connectivity index is 1.65. The van der Waals surface area contributed by atoms with E-state index < -0.39 is 0 Å². The summed E-state index contributed by atoms with van der Waals surface area (Å²) in [5.74, 6) is 0.223. The number of carbonyl (C=O) groups excluding carboxylic acids is 1. The lowest BCUT2D eigenvalue weighted by molar-refractivity contribution is -0.132. The van der Waals surface area contributed by atoms with Crippen molar-refractivity contribution in [2.24, 2.45) is 0 Å². The van der Waals surface area contributed by atoms with Crippen molar-refractivity contribution in [3.05, 3.63) is 35.9 Å². The second-order valence-corrected chi connectivity index (χ2v) is 5.46. The SMILES string of the molecule is CCN1CCCN(C(=O)CCOCc2ccccc2)CC1. The highest BCUT2D eigenvalue weighted by atomic mass is 16.5. The number of hydrogen-bond donors (Lipinski definition) is 0. The average Bonchev–Trinajstić information content (AvgIpc) is 2.78. The summed E-state index contributed by atoms with van der Waals surface area (Å²) < 4.78 is 5.60. The number of likely N-dealkylation sites (N-methyl/N-ethyl adjacent to an activating group) is 1. The summed E-state index contributed by atoms with van der Waals surface area (Å²) in [6, 6.07) is 10.1. The van der Waals surface area contributed by atoms with Gasteiger partial charge < -0.3 is 14.5 Å². The third-order valence-corrected chi connectivity index (χ3v) is 3.96. The Morgan fingerprint density at radius 3 is 2.71 bits per heavy atom. The van der Waals surface area contributed by atoms with Gasteiger partial charge in [0.15, 0.2) is 0 Å². The fourth-order valence-corrected chi connectivity index (χ4v) is 2.62. The van der Waals surface area contributed by atoms with Crippen molar-refractivity contribution in [2.45, 2.75) is 26.4 Å². The molecule has 0 aromatic heterocycles. The monoisotopic (exact) mass is 290 g/mol. The number of amides is 1. The van der Waals surface area contributed by atoms with Gasteiger partial charge in [-0.3, -0.25) is 4.79 Å². The van der Waals surface area contributed by atoms with E-state index in [1.165, 1.54) is 0 Å². The van der Waals surface area contributed by atoms with Crippen molar-refractivity contribution in [2.75, 3.05) is 39.3 Å². The molecule has 21 heavy (non-hydrogen) atoms. The van der Waals surface area contributed by atoms with Crippen LogP contribution in [0, 0.1) is 0 Å². The van der Waals surface area contributed by atoms with E-state index in [9.17, 15) is 4.79 Å². The Kier molecular flexibility index (Phi) is 6.70. The first-order valence-electron chi connectivity index (χ1n) is 7.91. The molecule has 0 atom stereocenters. The Hall–Kier alpha value is -1.39. The zero-order chi connectivity index (χ0) is 14.9. The number of hydrogen-bond acceptors (Lipinski definition) is 3. The first kappa shape index (κ1) is 16.0. The standard InChI is InChI=1S/C17H26N2O2/c1-2-18-10-6-11-19(13-12-18)17(20)9-14-21-15-16-7-4-3-5-8-16/h3-5,7-8H,2,6,9-15H2,1H3. The smallest absolute Gasteiger partial charge is 0.224 e. The fourth-order valence-electron chi connectivity index (χ4n) is 2.62. The molecule has 1 saturated heterocycles. The maximum Gasteiger partial charge on any atom is 0.224 e. The van der Waals surface area contributed by atoms with E-state index in [1.54, 1.807) is 0 Å². The molecule has 1 heterocycles. The summed E-state index contributed by atoms with van der Waals surface area (Å²) in [4.78, 5) is 16.6. The van der Waals surface area contributed by atoms with Crippen molar-refractivity contribution in [1.82, 2.24) is 9.80 Å². The lowest BCUT2D eigenvalue weighted by Gasteiger charge is -2.21. The zero-order valence-corrected chi connectivity index (χ0v) is 13.0. The minimum atomic E-state index is 0.223. The maximum atomic E-state index is 12.2. The molecule has 1 aliphatic rings. The van der Waals surface area contributed by atoms with Crippen molar-refractivity contribution >= 4 is 5.91 Å². The van der Waals surface area contributed by atoms with Gasteiger partial charge in [0.25, 0.3) is 0 Å². The summed E-state index contributed by atoms with van der Waals surface area (Å²) in [7, 11) is 0. The zero-order valence-electron chi connectivity index (χ0n) is 13.0. The van der Waals surface area contributed by atoms with Crippen LogP contribution in [0.2, 0.25) is 0 Å². The van der Waals surface area contributed by atoms with Crippen LogP contribution in [0.4, 0.5) is 0 Å². The Morgan fingerprint density at radius 2 is 1.95 bits per heavy atom. The van der Waals surface area contributed by atoms with Crippen LogP contribution in [0.5, 0.6) is 0 Å². The van der Waals surface area contributed by atoms with Gasteiger partial charge >= 0.3 is 0 Å². The minimum Gasteiger partial charge on any atom is -0.376 e. The van der Waals surface area contributed by atoms with Gasteiger partial charge in [0.05, 0.1) is 19.6 Å². The highest BCUT2D eigenvalue weighted by Gasteiger charge is 2.17. The van der Waals surface area contributed by atoms with E-state index in [0.29, 0.717) is 19.6 Å². The van der Waals surface area contributed by atoms with Gasteiger partial charge in [0.1, 0.15) is 0 Å². The molecule has 0 radical (unpaired) electrons. The first-order chi connectivity index (χ1) is 10.3. The van der Waals surface area contributed by atoms with Crippen LogP contribution in [0.15, 0.2) is 30.3 Å². The predicted molar refractivity (Wildman–Crippen MR) is 84.0 cm³/mol. The number of carbonyl (C=O) groups is 1. The molecule has 0 bridgehead atoms. The van der Waals surface area contributed by atoms with Gasteiger partial charge in [-0.05, 0) is 25.1 Å². The summed E-state index contributed by atoms with van der Waals surface area (Å²) in [6.45, 7) is 8.16. The maximum absolute atomic E-state index is 12.2. The van der Waals surface area contributed by atoms with Gasteiger partial charge in [-0.25, -0.2) is 0 Å². The molecule has 0 spiro atoms. The molecule has 1 aliphatic heterocycles. The number of benzene rings is 1. The minimum absolute atomic E-state index is 0.223. The van der Waals surface area contributed by atoms with Crippen molar-refractivity contribution in [3.8, 4) is 0 Å². The molecule has 2 rings (SSSR count). The first-order valence-corrected chi connectivity index (χ1v) is 7.91. The summed E-state index contributed by atoms with van der Waals surface area (Å²) in [5, 5.41) is 0. The van der Waals surface area contributed by atoms with Gasteiger partial charge in [0.2, 0.25) is 5.91 Å². The molecule has 1 fully saturated rings. The molecule has 4 heteroatoms. The van der Waals surface area contributed by atoms with E-state index in [0.717, 1.165) is 44.7 Å². The van der Waals surface area contributed by atoms with E-state index in [1.807, 2.05) is 35.2 Å². The molecule has 0 aliphatic carbocycles. The van der Waals surface area contributed by atoms with Crippen LogP contribution in [0.1, 0.15) is 25.3 Å². The third-order valence-electron chi connectivity index (χ3n) is 3.96. The van der Waals surface area contributed by atoms with Crippen molar-refractivity contribution < 1.29 is 9.53 Å². The van der Waals surface area contributed by atoms with Gasteiger partial charge in [-0.2, -0.15) is 0 Å². The highest BCUT2D eigenvalue weighted by Crippen LogP contribution is 2.06. The number of ether oxygens (including phenoxy) is 1. The second-order valence-electron chi connectivity index (χ2n) is 5.46. The summed E-state index contributed by atoms with van der Waals surface area (Å²) in [5.41, 5.74) is 1.15. The largest absolute Gasteiger partial charge is 0.376 e. The second kappa shape index (κ2) is 8.80. The van der Waals surface area contributed by atoms with E-state index >= 15 is 0 Å².